The normalized spacial score (nSPS) is 11.8. The highest BCUT2D eigenvalue weighted by atomic mass is 35.5. The van der Waals surface area contributed by atoms with Gasteiger partial charge >= 0.3 is 0 Å². The van der Waals surface area contributed by atoms with Crippen molar-refractivity contribution in [3.8, 4) is 0 Å². The van der Waals surface area contributed by atoms with Gasteiger partial charge in [0.25, 0.3) is 0 Å². The van der Waals surface area contributed by atoms with E-state index in [4.69, 9.17) is 23.2 Å². The van der Waals surface area contributed by atoms with Crippen molar-refractivity contribution < 1.29 is 13.2 Å². The molecule has 158 valence electrons. The van der Waals surface area contributed by atoms with Gasteiger partial charge in [0.15, 0.2) is 0 Å². The van der Waals surface area contributed by atoms with Crippen LogP contribution >= 0.6 is 23.2 Å². The average molecular weight is 457 g/mol. The van der Waals surface area contributed by atoms with Crippen LogP contribution in [-0.4, -0.2) is 31.7 Å². The highest BCUT2D eigenvalue weighted by molar-refractivity contribution is 7.89. The number of sulfonamides is 1. The molecule has 0 spiro atoms. The third-order valence-corrected chi connectivity index (χ3v) is 6.78. The number of hydrogen-bond acceptors (Lipinski definition) is 3. The van der Waals surface area contributed by atoms with Gasteiger partial charge in [-0.3, -0.25) is 4.79 Å². The van der Waals surface area contributed by atoms with Crippen molar-refractivity contribution in [1.29, 1.82) is 0 Å². The van der Waals surface area contributed by atoms with Gasteiger partial charge in [-0.15, -0.1) is 0 Å². The third-order valence-electron chi connectivity index (χ3n) is 4.38. The van der Waals surface area contributed by atoms with Gasteiger partial charge < -0.3 is 5.32 Å². The average Bonchev–Trinajstić information content (AvgIpc) is 2.63. The molecule has 0 aliphatic heterocycles. The molecule has 0 aliphatic carbocycles. The number of carbonyl (C=O) groups is 1. The van der Waals surface area contributed by atoms with E-state index in [1.54, 1.807) is 30.3 Å². The van der Waals surface area contributed by atoms with Crippen molar-refractivity contribution in [3.05, 3.63) is 63.6 Å². The van der Waals surface area contributed by atoms with Gasteiger partial charge in [-0.1, -0.05) is 60.8 Å². The topological polar surface area (TPSA) is 66.5 Å². The van der Waals surface area contributed by atoms with Crippen LogP contribution in [0.2, 0.25) is 10.0 Å². The van der Waals surface area contributed by atoms with E-state index in [1.807, 2.05) is 6.92 Å². The number of nitrogens with one attached hydrogen (secondary N) is 1. The molecule has 0 radical (unpaired) electrons. The van der Waals surface area contributed by atoms with Gasteiger partial charge in [0.1, 0.15) is 0 Å². The summed E-state index contributed by atoms with van der Waals surface area (Å²) in [5, 5.41) is 3.59. The van der Waals surface area contributed by atoms with E-state index in [0.29, 0.717) is 28.1 Å². The molecule has 1 amide bonds. The largest absolute Gasteiger partial charge is 0.355 e. The summed E-state index contributed by atoms with van der Waals surface area (Å²) in [6, 6.07) is 11.4. The highest BCUT2D eigenvalue weighted by Gasteiger charge is 2.27. The number of benzene rings is 2. The summed E-state index contributed by atoms with van der Waals surface area (Å²) in [4.78, 5) is 12.6. The molecular weight excluding hydrogens is 431 g/mol. The Morgan fingerprint density at radius 2 is 1.76 bits per heavy atom. The van der Waals surface area contributed by atoms with Gasteiger partial charge in [0.05, 0.1) is 11.4 Å². The minimum atomic E-state index is -3.90. The van der Waals surface area contributed by atoms with E-state index in [2.05, 4.69) is 19.2 Å². The van der Waals surface area contributed by atoms with E-state index in [0.717, 1.165) is 16.3 Å². The summed E-state index contributed by atoms with van der Waals surface area (Å²) in [6.07, 6.45) is 0.819. The molecule has 0 aromatic heterocycles. The Bertz CT molecular complexity index is 945. The van der Waals surface area contributed by atoms with Crippen LogP contribution in [0.5, 0.6) is 0 Å². The number of amides is 1. The first-order valence-corrected chi connectivity index (χ1v) is 11.6. The van der Waals surface area contributed by atoms with E-state index >= 15 is 0 Å². The van der Waals surface area contributed by atoms with E-state index < -0.39 is 10.0 Å². The lowest BCUT2D eigenvalue weighted by molar-refractivity contribution is -0.121. The molecule has 2 aromatic rings. The summed E-state index contributed by atoms with van der Waals surface area (Å²) < 4.78 is 27.6. The molecule has 29 heavy (non-hydrogen) atoms. The molecule has 0 saturated carbocycles. The predicted molar refractivity (Wildman–Crippen MR) is 118 cm³/mol. The summed E-state index contributed by atoms with van der Waals surface area (Å²) in [5.74, 6) is 0.0852. The number of aryl methyl sites for hydroxylation is 1. The number of hydrogen-bond donors (Lipinski definition) is 1. The molecule has 1 N–H and O–H groups in total. The zero-order chi connectivity index (χ0) is 21.6. The lowest BCUT2D eigenvalue weighted by atomic mass is 10.1. The van der Waals surface area contributed by atoms with Crippen molar-refractivity contribution in [2.24, 2.45) is 5.92 Å². The lowest BCUT2D eigenvalue weighted by Crippen LogP contribution is -2.40. The summed E-state index contributed by atoms with van der Waals surface area (Å²) in [7, 11) is -3.90. The van der Waals surface area contributed by atoms with Crippen LogP contribution in [0.25, 0.3) is 0 Å². The zero-order valence-corrected chi connectivity index (χ0v) is 19.1. The Hall–Kier alpha value is -1.60. The Kier molecular flexibility index (Phi) is 8.52. The lowest BCUT2D eigenvalue weighted by Gasteiger charge is -2.23. The Balaban J connectivity index is 2.28. The molecule has 5 nitrogen and oxygen atoms in total. The molecule has 0 fully saturated rings. The van der Waals surface area contributed by atoms with Crippen LogP contribution in [0, 0.1) is 12.8 Å². The second-order valence-corrected chi connectivity index (χ2v) is 10.1. The number of nitrogens with zero attached hydrogens (tertiary/aromatic N) is 1. The van der Waals surface area contributed by atoms with Crippen molar-refractivity contribution in [3.63, 3.8) is 0 Å². The molecule has 2 aromatic carbocycles. The van der Waals surface area contributed by atoms with E-state index in [9.17, 15) is 13.2 Å². The van der Waals surface area contributed by atoms with Crippen LogP contribution in [0.3, 0.4) is 0 Å². The maximum atomic E-state index is 13.2. The fraction of sp³-hybridized carbons (Fsp3) is 0.381. The molecule has 2 rings (SSSR count). The maximum absolute atomic E-state index is 13.2. The summed E-state index contributed by atoms with van der Waals surface area (Å²) in [5.41, 5.74) is 1.52. The summed E-state index contributed by atoms with van der Waals surface area (Å²) >= 11 is 12.2. The molecule has 0 aliphatic rings. The maximum Gasteiger partial charge on any atom is 0.243 e. The molecular formula is C21H26Cl2N2O3S. The van der Waals surface area contributed by atoms with Gasteiger partial charge in [-0.25, -0.2) is 8.42 Å². The Morgan fingerprint density at radius 3 is 2.34 bits per heavy atom. The first-order chi connectivity index (χ1) is 13.6. The van der Waals surface area contributed by atoms with Crippen molar-refractivity contribution in [1.82, 2.24) is 9.62 Å². The van der Waals surface area contributed by atoms with E-state index in [-0.39, 0.29) is 23.9 Å². The highest BCUT2D eigenvalue weighted by Crippen LogP contribution is 2.25. The van der Waals surface area contributed by atoms with Crippen molar-refractivity contribution in [2.75, 3.05) is 13.1 Å². The fourth-order valence-corrected chi connectivity index (χ4v) is 4.48. The monoisotopic (exact) mass is 456 g/mol. The molecule has 0 bridgehead atoms. The first-order valence-electron chi connectivity index (χ1n) is 9.37. The van der Waals surface area contributed by atoms with Crippen LogP contribution in [0.15, 0.2) is 47.4 Å². The number of halogens is 2. The minimum Gasteiger partial charge on any atom is -0.355 e. The third kappa shape index (κ3) is 7.00. The van der Waals surface area contributed by atoms with Crippen LogP contribution in [0.1, 0.15) is 31.4 Å². The molecule has 0 heterocycles. The first kappa shape index (κ1) is 23.7. The van der Waals surface area contributed by atoms with Gasteiger partial charge in [-0.05, 0) is 49.1 Å². The minimum absolute atomic E-state index is 0.0379. The van der Waals surface area contributed by atoms with Crippen LogP contribution < -0.4 is 5.32 Å². The standard InChI is InChI=1S/C21H26Cl2N2O3S/c1-15(2)10-11-24-21(26)14-25(13-17-6-7-18(22)12-20(17)23)29(27,28)19-8-4-16(3)5-9-19/h4-9,12,15H,10-11,13-14H2,1-3H3,(H,24,26). The van der Waals surface area contributed by atoms with Crippen molar-refractivity contribution >= 4 is 39.1 Å². The Labute approximate surface area is 183 Å². The molecule has 0 unspecified atom stereocenters. The van der Waals surface area contributed by atoms with Crippen LogP contribution in [0.4, 0.5) is 0 Å². The smallest absolute Gasteiger partial charge is 0.243 e. The molecule has 0 saturated heterocycles. The molecule has 8 heteroatoms. The SMILES string of the molecule is Cc1ccc(S(=O)(=O)N(CC(=O)NCCC(C)C)Cc2ccc(Cl)cc2Cl)cc1. The second kappa shape index (κ2) is 10.4. The second-order valence-electron chi connectivity index (χ2n) is 7.35. The number of rotatable bonds is 9. The fourth-order valence-electron chi connectivity index (χ4n) is 2.64. The summed E-state index contributed by atoms with van der Waals surface area (Å²) in [6.45, 7) is 6.16. The predicted octanol–water partition coefficient (Wildman–Crippen LogP) is 4.66. The zero-order valence-electron chi connectivity index (χ0n) is 16.8. The van der Waals surface area contributed by atoms with Gasteiger partial charge in [0.2, 0.25) is 15.9 Å². The number of carbonyl (C=O) groups excluding carboxylic acids is 1. The molecule has 0 atom stereocenters. The van der Waals surface area contributed by atoms with Crippen LogP contribution in [-0.2, 0) is 21.4 Å². The van der Waals surface area contributed by atoms with Gasteiger partial charge in [0, 0.05) is 23.1 Å². The van der Waals surface area contributed by atoms with Gasteiger partial charge in [-0.2, -0.15) is 4.31 Å². The van der Waals surface area contributed by atoms with Crippen molar-refractivity contribution in [2.45, 2.75) is 38.6 Å². The Morgan fingerprint density at radius 1 is 1.10 bits per heavy atom. The van der Waals surface area contributed by atoms with E-state index in [1.165, 1.54) is 12.1 Å². The quantitative estimate of drug-likeness (QED) is 0.596.